The lowest BCUT2D eigenvalue weighted by molar-refractivity contribution is -0.141. The maximum Gasteiger partial charge on any atom is 0.244 e. The average Bonchev–Trinajstić information content (AvgIpc) is 3.49. The molecule has 2 amide bonds. The molecule has 1 aliphatic carbocycles. The molecule has 0 bridgehead atoms. The molecule has 0 spiro atoms. The van der Waals surface area contributed by atoms with Crippen molar-refractivity contribution in [2.75, 3.05) is 0 Å². The Bertz CT molecular complexity index is 1280. The van der Waals surface area contributed by atoms with Gasteiger partial charge in [0.05, 0.1) is 29.3 Å². The van der Waals surface area contributed by atoms with Gasteiger partial charge in [0.15, 0.2) is 0 Å². The molecule has 1 saturated heterocycles. The van der Waals surface area contributed by atoms with Crippen molar-refractivity contribution in [1.29, 1.82) is 0 Å². The number of piperidine rings is 1. The Hall–Kier alpha value is -3.37. The van der Waals surface area contributed by atoms with Crippen LogP contribution in [0.3, 0.4) is 0 Å². The number of imide groups is 1. The minimum atomic E-state index is -0.884. The first kappa shape index (κ1) is 20.3. The van der Waals surface area contributed by atoms with E-state index in [1.54, 1.807) is 9.58 Å². The number of hydrogen-bond donors (Lipinski definition) is 2. The van der Waals surface area contributed by atoms with Gasteiger partial charge in [-0.15, -0.1) is 5.10 Å². The van der Waals surface area contributed by atoms with Crippen LogP contribution in [0.2, 0.25) is 0 Å². The Balaban J connectivity index is 1.28. The molecule has 2 aliphatic heterocycles. The monoisotopic (exact) mass is 447 g/mol. The molecule has 6 rings (SSSR count). The maximum atomic E-state index is 12.3. The number of carbonyl (C=O) groups is 2. The van der Waals surface area contributed by atoms with E-state index in [1.165, 1.54) is 12.0 Å². The highest BCUT2D eigenvalue weighted by Crippen LogP contribution is 2.36. The molecule has 2 N–H and O–H groups in total. The molecule has 1 fully saturated rings. The van der Waals surface area contributed by atoms with Crippen LogP contribution in [-0.4, -0.2) is 52.6 Å². The second-order valence-electron chi connectivity index (χ2n) is 9.05. The van der Waals surface area contributed by atoms with Crippen LogP contribution in [0.4, 0.5) is 0 Å². The SMILES string of the molecule is Cn1nc2c(c1-c1cn(-c3ccc4c(c3)CN(C3CCC(=O)NC3=O)C4O)nn1)CCCC2. The van der Waals surface area contributed by atoms with Gasteiger partial charge in [-0.25, -0.2) is 4.68 Å². The van der Waals surface area contributed by atoms with Crippen LogP contribution in [0, 0.1) is 0 Å². The summed E-state index contributed by atoms with van der Waals surface area (Å²) in [6, 6.07) is 5.21. The molecular formula is C23H25N7O3. The lowest BCUT2D eigenvalue weighted by Gasteiger charge is -2.31. The number of aliphatic hydroxyl groups is 1. The third-order valence-electron chi connectivity index (χ3n) is 7.00. The first-order valence-corrected chi connectivity index (χ1v) is 11.4. The summed E-state index contributed by atoms with van der Waals surface area (Å²) in [7, 11) is 1.95. The fourth-order valence-electron chi connectivity index (χ4n) is 5.36. The molecule has 3 aromatic rings. The van der Waals surface area contributed by atoms with Crippen LogP contribution in [-0.2, 0) is 36.0 Å². The zero-order valence-corrected chi connectivity index (χ0v) is 18.4. The van der Waals surface area contributed by atoms with Crippen LogP contribution >= 0.6 is 0 Å². The molecule has 3 aliphatic rings. The molecule has 0 saturated carbocycles. The van der Waals surface area contributed by atoms with Crippen LogP contribution in [0.1, 0.15) is 54.3 Å². The van der Waals surface area contributed by atoms with E-state index in [1.807, 2.05) is 36.1 Å². The largest absolute Gasteiger partial charge is 0.374 e. The molecule has 1 aromatic carbocycles. The fourth-order valence-corrected chi connectivity index (χ4v) is 5.36. The Morgan fingerprint density at radius 1 is 1.15 bits per heavy atom. The first-order valence-electron chi connectivity index (χ1n) is 11.4. The van der Waals surface area contributed by atoms with Gasteiger partial charge < -0.3 is 5.11 Å². The first-order chi connectivity index (χ1) is 16.0. The van der Waals surface area contributed by atoms with E-state index >= 15 is 0 Å². The van der Waals surface area contributed by atoms with E-state index < -0.39 is 12.3 Å². The molecular weight excluding hydrogens is 422 g/mol. The highest BCUT2D eigenvalue weighted by atomic mass is 16.3. The standard InChI is InChI=1S/C23H25N7O3/c1-28-21(16-4-2-3-5-17(16)26-28)18-12-30(27-25-18)14-6-7-15-13(10-14)11-29(23(15)33)19-8-9-20(31)24-22(19)32/h6-7,10,12,19,23,33H,2-5,8-9,11H2,1H3,(H,24,31,32). The summed E-state index contributed by atoms with van der Waals surface area (Å²) < 4.78 is 3.64. The third-order valence-corrected chi connectivity index (χ3v) is 7.00. The Morgan fingerprint density at radius 2 is 2.00 bits per heavy atom. The lowest BCUT2D eigenvalue weighted by Crippen LogP contribution is -2.51. The second kappa shape index (κ2) is 7.60. The molecule has 0 radical (unpaired) electrons. The topological polar surface area (TPSA) is 118 Å². The van der Waals surface area contributed by atoms with Crippen LogP contribution in [0.5, 0.6) is 0 Å². The van der Waals surface area contributed by atoms with Crippen molar-refractivity contribution in [1.82, 2.24) is 35.0 Å². The third kappa shape index (κ3) is 3.28. The average molecular weight is 447 g/mol. The van der Waals surface area contributed by atoms with Gasteiger partial charge in [-0.2, -0.15) is 5.10 Å². The van der Waals surface area contributed by atoms with Gasteiger partial charge in [-0.3, -0.25) is 24.5 Å². The number of nitrogens with one attached hydrogen (secondary N) is 1. The molecule has 10 heteroatoms. The van der Waals surface area contributed by atoms with Crippen LogP contribution < -0.4 is 5.32 Å². The summed E-state index contributed by atoms with van der Waals surface area (Å²) >= 11 is 0. The van der Waals surface area contributed by atoms with Crippen molar-refractivity contribution in [2.45, 2.75) is 57.3 Å². The predicted molar refractivity (Wildman–Crippen MR) is 117 cm³/mol. The minimum Gasteiger partial charge on any atom is -0.374 e. The zero-order valence-electron chi connectivity index (χ0n) is 18.4. The summed E-state index contributed by atoms with van der Waals surface area (Å²) in [6.45, 7) is 0.424. The summed E-state index contributed by atoms with van der Waals surface area (Å²) in [5.41, 5.74) is 6.78. The van der Waals surface area contributed by atoms with Crippen molar-refractivity contribution in [3.05, 3.63) is 46.8 Å². The highest BCUT2D eigenvalue weighted by Gasteiger charge is 2.39. The quantitative estimate of drug-likeness (QED) is 0.579. The van der Waals surface area contributed by atoms with E-state index in [4.69, 9.17) is 0 Å². The van der Waals surface area contributed by atoms with Crippen molar-refractivity contribution < 1.29 is 14.7 Å². The van der Waals surface area contributed by atoms with E-state index in [2.05, 4.69) is 20.7 Å². The molecule has 2 unspecified atom stereocenters. The lowest BCUT2D eigenvalue weighted by atomic mass is 9.95. The van der Waals surface area contributed by atoms with Gasteiger partial charge in [0.25, 0.3) is 0 Å². The number of amides is 2. The van der Waals surface area contributed by atoms with Crippen molar-refractivity contribution in [3.63, 3.8) is 0 Å². The van der Waals surface area contributed by atoms with Crippen LogP contribution in [0.15, 0.2) is 24.4 Å². The summed E-state index contributed by atoms with van der Waals surface area (Å²) in [5, 5.41) is 26.7. The zero-order chi connectivity index (χ0) is 22.7. The summed E-state index contributed by atoms with van der Waals surface area (Å²) in [5.74, 6) is -0.611. The Labute approximate surface area is 190 Å². The maximum absolute atomic E-state index is 12.3. The van der Waals surface area contributed by atoms with Crippen LogP contribution in [0.25, 0.3) is 17.1 Å². The van der Waals surface area contributed by atoms with Gasteiger partial charge in [0.1, 0.15) is 11.9 Å². The summed E-state index contributed by atoms with van der Waals surface area (Å²) in [4.78, 5) is 25.5. The number of carbonyl (C=O) groups excluding carboxylic acids is 2. The number of hydrogen-bond acceptors (Lipinski definition) is 7. The van der Waals surface area contributed by atoms with Gasteiger partial charge in [-0.05, 0) is 49.8 Å². The molecule has 33 heavy (non-hydrogen) atoms. The predicted octanol–water partition coefficient (Wildman–Crippen LogP) is 1.16. The number of fused-ring (bicyclic) bond motifs is 2. The minimum absolute atomic E-state index is 0.263. The molecule has 10 nitrogen and oxygen atoms in total. The number of benzene rings is 1. The second-order valence-corrected chi connectivity index (χ2v) is 9.05. The number of aryl methyl sites for hydroxylation is 2. The van der Waals surface area contributed by atoms with Gasteiger partial charge in [0, 0.05) is 31.1 Å². The highest BCUT2D eigenvalue weighted by molar-refractivity contribution is 6.00. The van der Waals surface area contributed by atoms with Crippen molar-refractivity contribution in [3.8, 4) is 17.1 Å². The Morgan fingerprint density at radius 3 is 2.85 bits per heavy atom. The van der Waals surface area contributed by atoms with E-state index in [-0.39, 0.29) is 18.2 Å². The van der Waals surface area contributed by atoms with Gasteiger partial charge in [-0.1, -0.05) is 11.3 Å². The van der Waals surface area contributed by atoms with E-state index in [9.17, 15) is 14.7 Å². The van der Waals surface area contributed by atoms with Gasteiger partial charge in [0.2, 0.25) is 11.8 Å². The Kier molecular flexibility index (Phi) is 4.66. The summed E-state index contributed by atoms with van der Waals surface area (Å²) in [6.07, 6.45) is 6.07. The number of nitrogens with zero attached hydrogens (tertiary/aromatic N) is 6. The van der Waals surface area contributed by atoms with E-state index in [0.717, 1.165) is 53.2 Å². The number of rotatable bonds is 3. The van der Waals surface area contributed by atoms with Gasteiger partial charge >= 0.3 is 0 Å². The molecule has 2 atom stereocenters. The van der Waals surface area contributed by atoms with E-state index in [0.29, 0.717) is 13.0 Å². The molecule has 4 heterocycles. The van der Waals surface area contributed by atoms with Crippen molar-refractivity contribution >= 4 is 11.8 Å². The number of aliphatic hydroxyl groups excluding tert-OH is 1. The molecule has 2 aromatic heterocycles. The van der Waals surface area contributed by atoms with Crippen molar-refractivity contribution in [2.24, 2.45) is 7.05 Å². The fraction of sp³-hybridized carbons (Fsp3) is 0.435. The number of aromatic nitrogens is 5. The smallest absolute Gasteiger partial charge is 0.244 e. The molecule has 170 valence electrons. The normalized spacial score (nSPS) is 22.8.